The van der Waals surface area contributed by atoms with Crippen LogP contribution in [-0.4, -0.2) is 12.4 Å². The first-order chi connectivity index (χ1) is 9.56. The summed E-state index contributed by atoms with van der Waals surface area (Å²) in [7, 11) is 0. The second-order valence-corrected chi connectivity index (χ2v) is 4.61. The molecule has 0 aliphatic carbocycles. The van der Waals surface area contributed by atoms with Crippen molar-refractivity contribution in [2.45, 2.75) is 6.61 Å². The highest BCUT2D eigenvalue weighted by Crippen LogP contribution is 2.13. The summed E-state index contributed by atoms with van der Waals surface area (Å²) in [4.78, 5) is 11.7. The Bertz CT molecular complexity index is 629. The quantitative estimate of drug-likeness (QED) is 0.779. The molecule has 20 heavy (non-hydrogen) atoms. The van der Waals surface area contributed by atoms with Crippen molar-refractivity contribution in [3.8, 4) is 0 Å². The van der Waals surface area contributed by atoms with Crippen LogP contribution in [0.2, 0.25) is 5.02 Å². The van der Waals surface area contributed by atoms with Crippen LogP contribution < -0.4 is 0 Å². The smallest absolute Gasteiger partial charge is 0.191 e. The summed E-state index contributed by atoms with van der Waals surface area (Å²) < 4.78 is 31.5. The molecule has 5 heteroatoms. The van der Waals surface area contributed by atoms with Crippen molar-refractivity contribution in [3.63, 3.8) is 0 Å². The number of hydrogen-bond donors (Lipinski definition) is 0. The number of ketones is 1. The van der Waals surface area contributed by atoms with Gasteiger partial charge in [0.05, 0.1) is 12.2 Å². The molecule has 0 saturated carbocycles. The van der Waals surface area contributed by atoms with Crippen molar-refractivity contribution in [2.75, 3.05) is 6.61 Å². The third kappa shape index (κ3) is 3.85. The molecule has 0 aromatic heterocycles. The first-order valence-corrected chi connectivity index (χ1v) is 6.24. The summed E-state index contributed by atoms with van der Waals surface area (Å²) in [5.41, 5.74) is 0.487. The van der Waals surface area contributed by atoms with Crippen LogP contribution >= 0.6 is 11.6 Å². The Morgan fingerprint density at radius 3 is 2.70 bits per heavy atom. The molecule has 2 rings (SSSR count). The molecular formula is C15H11ClF2O2. The Hall–Kier alpha value is -1.78. The van der Waals surface area contributed by atoms with Gasteiger partial charge >= 0.3 is 0 Å². The predicted molar refractivity (Wildman–Crippen MR) is 71.8 cm³/mol. The molecule has 2 nitrogen and oxygen atoms in total. The lowest BCUT2D eigenvalue weighted by Crippen LogP contribution is -2.11. The predicted octanol–water partition coefficient (Wildman–Crippen LogP) is 4.02. The van der Waals surface area contributed by atoms with E-state index < -0.39 is 17.4 Å². The molecule has 0 bridgehead atoms. The van der Waals surface area contributed by atoms with Crippen LogP contribution in [-0.2, 0) is 11.3 Å². The number of rotatable bonds is 5. The van der Waals surface area contributed by atoms with E-state index in [9.17, 15) is 13.6 Å². The maximum Gasteiger partial charge on any atom is 0.191 e. The molecule has 0 N–H and O–H groups in total. The van der Waals surface area contributed by atoms with E-state index in [0.717, 1.165) is 23.8 Å². The summed E-state index contributed by atoms with van der Waals surface area (Å²) in [6, 6.07) is 9.71. The minimum absolute atomic E-state index is 0.170. The normalized spacial score (nSPS) is 10.6. The zero-order chi connectivity index (χ0) is 14.5. The third-order valence-corrected chi connectivity index (χ3v) is 2.85. The van der Waals surface area contributed by atoms with Crippen LogP contribution in [0.1, 0.15) is 15.9 Å². The molecule has 0 atom stereocenters. The number of carbonyl (C=O) groups excluding carboxylic acids is 1. The fourth-order valence-electron chi connectivity index (χ4n) is 1.68. The lowest BCUT2D eigenvalue weighted by Gasteiger charge is -2.05. The minimum atomic E-state index is -0.761. The second-order valence-electron chi connectivity index (χ2n) is 4.17. The topological polar surface area (TPSA) is 26.3 Å². The third-order valence-electron chi connectivity index (χ3n) is 2.62. The van der Waals surface area contributed by atoms with E-state index in [2.05, 4.69) is 0 Å². The zero-order valence-electron chi connectivity index (χ0n) is 10.4. The van der Waals surface area contributed by atoms with Gasteiger partial charge in [-0.3, -0.25) is 4.79 Å². The Morgan fingerprint density at radius 2 is 1.95 bits per heavy atom. The van der Waals surface area contributed by atoms with E-state index in [1.807, 2.05) is 0 Å². The molecule has 0 heterocycles. The van der Waals surface area contributed by atoms with Crippen LogP contribution in [0.5, 0.6) is 0 Å². The molecule has 0 aliphatic heterocycles. The largest absolute Gasteiger partial charge is 0.369 e. The Balaban J connectivity index is 1.94. The molecule has 0 unspecified atom stereocenters. The van der Waals surface area contributed by atoms with Gasteiger partial charge in [0.2, 0.25) is 0 Å². The standard InChI is InChI=1S/C15H11ClF2O2/c16-11-3-1-2-10(6-11)8-20-9-15(19)13-7-12(17)4-5-14(13)18/h1-7H,8-9H2. The molecule has 0 spiro atoms. The summed E-state index contributed by atoms with van der Waals surface area (Å²) in [5, 5.41) is 0.564. The minimum Gasteiger partial charge on any atom is -0.369 e. The van der Waals surface area contributed by atoms with Crippen molar-refractivity contribution in [1.82, 2.24) is 0 Å². The lowest BCUT2D eigenvalue weighted by atomic mass is 10.1. The number of ether oxygens (including phenoxy) is 1. The monoisotopic (exact) mass is 296 g/mol. The average molecular weight is 297 g/mol. The number of benzene rings is 2. The fourth-order valence-corrected chi connectivity index (χ4v) is 1.89. The summed E-state index contributed by atoms with van der Waals surface area (Å²) in [6.45, 7) is -0.157. The van der Waals surface area contributed by atoms with E-state index in [1.165, 1.54) is 0 Å². The van der Waals surface area contributed by atoms with Gasteiger partial charge < -0.3 is 4.74 Å². The van der Waals surface area contributed by atoms with Crippen LogP contribution in [0.15, 0.2) is 42.5 Å². The van der Waals surface area contributed by atoms with E-state index in [4.69, 9.17) is 16.3 Å². The first kappa shape index (κ1) is 14.6. The van der Waals surface area contributed by atoms with Crippen LogP contribution in [0.4, 0.5) is 8.78 Å². The maximum atomic E-state index is 13.4. The van der Waals surface area contributed by atoms with Gasteiger partial charge in [0.1, 0.15) is 18.2 Å². The lowest BCUT2D eigenvalue weighted by molar-refractivity contribution is 0.0722. The van der Waals surface area contributed by atoms with Gasteiger partial charge in [-0.25, -0.2) is 8.78 Å². The molecule has 0 aliphatic rings. The van der Waals surface area contributed by atoms with Crippen LogP contribution in [0.3, 0.4) is 0 Å². The average Bonchev–Trinajstić information content (AvgIpc) is 2.41. The summed E-state index contributed by atoms with van der Waals surface area (Å²) in [6.07, 6.45) is 0. The highest BCUT2D eigenvalue weighted by molar-refractivity contribution is 6.30. The van der Waals surface area contributed by atoms with Gasteiger partial charge in [-0.05, 0) is 35.9 Å². The summed E-state index contributed by atoms with van der Waals surface area (Å²) in [5.74, 6) is -2.03. The van der Waals surface area contributed by atoms with Gasteiger partial charge in [0.15, 0.2) is 5.78 Å². The van der Waals surface area contributed by atoms with Crippen LogP contribution in [0.25, 0.3) is 0 Å². The van der Waals surface area contributed by atoms with Crippen molar-refractivity contribution >= 4 is 17.4 Å². The molecule has 104 valence electrons. The maximum absolute atomic E-state index is 13.4. The molecular weight excluding hydrogens is 286 g/mol. The fraction of sp³-hybridized carbons (Fsp3) is 0.133. The van der Waals surface area contributed by atoms with Crippen molar-refractivity contribution in [2.24, 2.45) is 0 Å². The van der Waals surface area contributed by atoms with Gasteiger partial charge in [-0.2, -0.15) is 0 Å². The zero-order valence-corrected chi connectivity index (χ0v) is 11.2. The molecule has 0 amide bonds. The Labute approximate surface area is 119 Å². The number of hydrogen-bond acceptors (Lipinski definition) is 2. The van der Waals surface area contributed by atoms with E-state index in [1.54, 1.807) is 24.3 Å². The van der Waals surface area contributed by atoms with E-state index in [0.29, 0.717) is 5.02 Å². The first-order valence-electron chi connectivity index (χ1n) is 5.86. The highest BCUT2D eigenvalue weighted by atomic mass is 35.5. The highest BCUT2D eigenvalue weighted by Gasteiger charge is 2.13. The Morgan fingerprint density at radius 1 is 1.15 bits per heavy atom. The molecule has 0 saturated heterocycles. The van der Waals surface area contributed by atoms with Crippen molar-refractivity contribution in [1.29, 1.82) is 0 Å². The van der Waals surface area contributed by atoms with Crippen molar-refractivity contribution in [3.05, 3.63) is 70.2 Å². The van der Waals surface area contributed by atoms with Crippen LogP contribution in [0, 0.1) is 11.6 Å². The van der Waals surface area contributed by atoms with Gasteiger partial charge in [-0.1, -0.05) is 23.7 Å². The second kappa shape index (κ2) is 6.59. The number of Topliss-reactive ketones (excluding diaryl/α,β-unsaturated/α-hetero) is 1. The number of halogens is 3. The number of carbonyl (C=O) groups is 1. The molecule has 0 radical (unpaired) electrons. The van der Waals surface area contributed by atoms with Gasteiger partial charge in [-0.15, -0.1) is 0 Å². The Kier molecular flexibility index (Phi) is 4.82. The van der Waals surface area contributed by atoms with Crippen molar-refractivity contribution < 1.29 is 18.3 Å². The molecule has 0 fully saturated rings. The molecule has 2 aromatic rings. The van der Waals surface area contributed by atoms with Gasteiger partial charge in [0, 0.05) is 5.02 Å². The molecule has 2 aromatic carbocycles. The SMILES string of the molecule is O=C(COCc1cccc(Cl)c1)c1cc(F)ccc1F. The van der Waals surface area contributed by atoms with E-state index in [-0.39, 0.29) is 18.8 Å². The van der Waals surface area contributed by atoms with Gasteiger partial charge in [0.25, 0.3) is 0 Å². The van der Waals surface area contributed by atoms with E-state index >= 15 is 0 Å². The summed E-state index contributed by atoms with van der Waals surface area (Å²) >= 11 is 5.81.